The fraction of sp³-hybridized carbons (Fsp3) is 0.700. The molecule has 74 valence electrons. The molecule has 0 spiro atoms. The molecule has 0 aromatic rings. The van der Waals surface area contributed by atoms with Crippen LogP contribution in [0.5, 0.6) is 0 Å². The molecule has 13 heavy (non-hydrogen) atoms. The number of carbonyl (C=O) groups excluding carboxylic acids is 1. The fourth-order valence-electron chi connectivity index (χ4n) is 1.07. The third-order valence-corrected chi connectivity index (χ3v) is 6.21. The first-order valence-corrected chi connectivity index (χ1v) is 10.9. The number of nitrogens with zero attached hydrogens (tertiary/aromatic N) is 1. The van der Waals surface area contributed by atoms with Crippen molar-refractivity contribution in [1.82, 2.24) is 3.61 Å². The molecule has 0 aromatic carbocycles. The van der Waals surface area contributed by atoms with Crippen molar-refractivity contribution in [2.24, 2.45) is 0 Å². The van der Waals surface area contributed by atoms with E-state index < -0.39 is 16.5 Å². The van der Waals surface area contributed by atoms with Gasteiger partial charge < -0.3 is 0 Å². The summed E-state index contributed by atoms with van der Waals surface area (Å²) in [6.45, 7) is 4.01. The average Bonchev–Trinajstić information content (AvgIpc) is 2.12. The van der Waals surface area contributed by atoms with Gasteiger partial charge in [0.05, 0.1) is 0 Å². The monoisotopic (exact) mass is 239 g/mol. The molecule has 0 bridgehead atoms. The summed E-state index contributed by atoms with van der Waals surface area (Å²) >= 11 is -1.24. The van der Waals surface area contributed by atoms with Crippen LogP contribution in [0.3, 0.4) is 0 Å². The fourth-order valence-corrected chi connectivity index (χ4v) is 3.00. The van der Waals surface area contributed by atoms with Crippen LogP contribution in [0.2, 0.25) is 11.0 Å². The van der Waals surface area contributed by atoms with Gasteiger partial charge in [0.2, 0.25) is 0 Å². The molecule has 0 radical (unpaired) electrons. The Balaban J connectivity index is 4.49. The van der Waals surface area contributed by atoms with Crippen molar-refractivity contribution in [1.29, 1.82) is 0 Å². The van der Waals surface area contributed by atoms with Crippen molar-refractivity contribution in [3.05, 3.63) is 11.8 Å². The summed E-state index contributed by atoms with van der Waals surface area (Å²) in [5, 5.41) is 0. The first-order chi connectivity index (χ1) is 6.02. The molecule has 0 N–H and O–H groups in total. The maximum atomic E-state index is 11.2. The van der Waals surface area contributed by atoms with Gasteiger partial charge in [0, 0.05) is 0 Å². The number of carbonyl (C=O) groups is 1. The standard InChI is InChI=1S/C8H15NO.2CH3.Ga/c1-4-7(9-3)6-8(10)5-2;;;/h6H,4-5H2,1-3H3,(H,9,10);2*1H3;/q;;;+1/p-1. The van der Waals surface area contributed by atoms with E-state index in [9.17, 15) is 4.79 Å². The zero-order chi connectivity index (χ0) is 10.4. The first-order valence-electron chi connectivity index (χ1n) is 4.99. The first kappa shape index (κ1) is 12.8. The van der Waals surface area contributed by atoms with Gasteiger partial charge in [-0.15, -0.1) is 0 Å². The Hall–Kier alpha value is -0.154. The Bertz CT molecular complexity index is 199. The van der Waals surface area contributed by atoms with Crippen molar-refractivity contribution in [3.63, 3.8) is 0 Å². The molecule has 3 heteroatoms. The van der Waals surface area contributed by atoms with Crippen molar-refractivity contribution >= 4 is 22.2 Å². The summed E-state index contributed by atoms with van der Waals surface area (Å²) in [5.41, 5.74) is 5.83. The van der Waals surface area contributed by atoms with Crippen LogP contribution in [0.15, 0.2) is 11.8 Å². The van der Waals surface area contributed by atoms with E-state index in [1.807, 2.05) is 13.0 Å². The SMILES string of the molecule is CCC(=O)/C=C(/CC)[N](C)[Ga]([CH3])[CH3]. The minimum atomic E-state index is -1.24. The second kappa shape index (κ2) is 6.32. The van der Waals surface area contributed by atoms with Crippen LogP contribution in [0.4, 0.5) is 0 Å². The molecule has 0 aromatic heterocycles. The molecule has 0 aliphatic heterocycles. The molecule has 0 rings (SSSR count). The van der Waals surface area contributed by atoms with E-state index in [0.29, 0.717) is 6.42 Å². The summed E-state index contributed by atoms with van der Waals surface area (Å²) in [6, 6.07) is 0. The number of allylic oxidation sites excluding steroid dienone is 2. The quantitative estimate of drug-likeness (QED) is 0.543. The normalized spacial score (nSPS) is 11.3. The van der Waals surface area contributed by atoms with Gasteiger partial charge in [-0.3, -0.25) is 0 Å². The zero-order valence-corrected chi connectivity index (χ0v) is 11.8. The van der Waals surface area contributed by atoms with Gasteiger partial charge in [-0.25, -0.2) is 0 Å². The molecule has 0 saturated heterocycles. The predicted octanol–water partition coefficient (Wildman–Crippen LogP) is 2.44. The number of ketones is 1. The Kier molecular flexibility index (Phi) is 6.25. The molecule has 0 atom stereocenters. The second-order valence-corrected chi connectivity index (χ2v) is 9.73. The van der Waals surface area contributed by atoms with Crippen LogP contribution in [0.1, 0.15) is 26.7 Å². The van der Waals surface area contributed by atoms with Crippen LogP contribution >= 0.6 is 0 Å². The number of hydrogen-bond acceptors (Lipinski definition) is 2. The van der Waals surface area contributed by atoms with Crippen molar-refractivity contribution in [3.8, 4) is 0 Å². The van der Waals surface area contributed by atoms with E-state index in [2.05, 4.69) is 28.5 Å². The van der Waals surface area contributed by atoms with E-state index in [1.54, 1.807) is 0 Å². The van der Waals surface area contributed by atoms with Gasteiger partial charge in [-0.2, -0.15) is 0 Å². The molecule has 0 unspecified atom stereocenters. The average molecular weight is 240 g/mol. The van der Waals surface area contributed by atoms with Gasteiger partial charge in [0.1, 0.15) is 0 Å². The third kappa shape index (κ3) is 4.57. The number of rotatable bonds is 5. The Morgan fingerprint density at radius 1 is 1.31 bits per heavy atom. The van der Waals surface area contributed by atoms with E-state index in [-0.39, 0.29) is 5.78 Å². The summed E-state index contributed by atoms with van der Waals surface area (Å²) in [7, 11) is 2.11. The van der Waals surface area contributed by atoms with Crippen LogP contribution in [0, 0.1) is 0 Å². The Morgan fingerprint density at radius 2 is 1.85 bits per heavy atom. The minimum absolute atomic E-state index is 0.242. The molecule has 0 fully saturated rings. The molecular weight excluding hydrogens is 220 g/mol. The van der Waals surface area contributed by atoms with Gasteiger partial charge in [0.25, 0.3) is 0 Å². The topological polar surface area (TPSA) is 20.3 Å². The van der Waals surface area contributed by atoms with E-state index in [0.717, 1.165) is 6.42 Å². The Labute approximate surface area is 87.3 Å². The molecule has 0 amide bonds. The van der Waals surface area contributed by atoms with Crippen molar-refractivity contribution in [2.45, 2.75) is 37.6 Å². The predicted molar refractivity (Wildman–Crippen MR) is 58.9 cm³/mol. The zero-order valence-electron chi connectivity index (χ0n) is 9.42. The van der Waals surface area contributed by atoms with Crippen LogP contribution in [-0.2, 0) is 4.79 Å². The maximum absolute atomic E-state index is 11.2. The van der Waals surface area contributed by atoms with Gasteiger partial charge in [-0.1, -0.05) is 0 Å². The van der Waals surface area contributed by atoms with E-state index in [4.69, 9.17) is 0 Å². The summed E-state index contributed by atoms with van der Waals surface area (Å²) in [5.74, 6) is 0.242. The third-order valence-electron chi connectivity index (χ3n) is 2.27. The van der Waals surface area contributed by atoms with Crippen molar-refractivity contribution in [2.75, 3.05) is 7.05 Å². The molecular formula is C10H20GaNO. The van der Waals surface area contributed by atoms with E-state index >= 15 is 0 Å². The van der Waals surface area contributed by atoms with Crippen LogP contribution in [0.25, 0.3) is 0 Å². The Morgan fingerprint density at radius 3 is 2.15 bits per heavy atom. The molecule has 2 nitrogen and oxygen atoms in total. The molecule has 0 heterocycles. The summed E-state index contributed by atoms with van der Waals surface area (Å²) in [4.78, 5) is 11.2. The number of hydrogen-bond donors (Lipinski definition) is 0. The summed E-state index contributed by atoms with van der Waals surface area (Å²) < 4.78 is 2.33. The van der Waals surface area contributed by atoms with Crippen LogP contribution < -0.4 is 0 Å². The van der Waals surface area contributed by atoms with Crippen LogP contribution in [-0.4, -0.2) is 32.9 Å². The molecule has 0 saturated carbocycles. The summed E-state index contributed by atoms with van der Waals surface area (Å²) in [6.07, 6.45) is 3.39. The second-order valence-electron chi connectivity index (χ2n) is 3.51. The molecule has 0 aliphatic carbocycles. The molecule has 0 aliphatic rings. The van der Waals surface area contributed by atoms with Gasteiger partial charge >= 0.3 is 87.1 Å². The van der Waals surface area contributed by atoms with E-state index in [1.165, 1.54) is 5.70 Å². The van der Waals surface area contributed by atoms with Gasteiger partial charge in [-0.05, 0) is 0 Å². The van der Waals surface area contributed by atoms with Gasteiger partial charge in [0.15, 0.2) is 0 Å². The van der Waals surface area contributed by atoms with Crippen molar-refractivity contribution < 1.29 is 4.79 Å².